The molecule has 1 saturated heterocycles. The molecule has 3 heterocycles. The minimum absolute atomic E-state index is 0.0333. The van der Waals surface area contributed by atoms with Crippen LogP contribution in [0.5, 0.6) is 5.75 Å². The van der Waals surface area contributed by atoms with Crippen molar-refractivity contribution in [3.8, 4) is 5.75 Å². The lowest BCUT2D eigenvalue weighted by atomic mass is 9.67. The summed E-state index contributed by atoms with van der Waals surface area (Å²) in [4.78, 5) is 43.4. The number of Topliss-reactive ketones (excluding diaryl/α,β-unsaturated/α-hetero) is 1. The van der Waals surface area contributed by atoms with Crippen molar-refractivity contribution in [3.63, 3.8) is 0 Å². The Morgan fingerprint density at radius 2 is 1.81 bits per heavy atom. The average Bonchev–Trinajstić information content (AvgIpc) is 3.21. The molecular formula is C32H38F3N3O4. The number of methoxy groups -OCH3 is 1. The molecule has 2 aromatic heterocycles. The molecule has 1 aliphatic carbocycles. The van der Waals surface area contributed by atoms with Crippen molar-refractivity contribution in [2.45, 2.75) is 77.9 Å². The topological polar surface area (TPSA) is 84.4 Å². The van der Waals surface area contributed by atoms with Gasteiger partial charge in [-0.1, -0.05) is 24.6 Å². The second-order valence-electron chi connectivity index (χ2n) is 11.9. The van der Waals surface area contributed by atoms with Crippen molar-refractivity contribution < 1.29 is 27.5 Å². The number of ketones is 1. The number of rotatable bonds is 8. The van der Waals surface area contributed by atoms with Gasteiger partial charge in [0.1, 0.15) is 11.2 Å². The van der Waals surface area contributed by atoms with Crippen molar-refractivity contribution in [2.24, 2.45) is 11.3 Å². The summed E-state index contributed by atoms with van der Waals surface area (Å²) >= 11 is 0. The van der Waals surface area contributed by atoms with Gasteiger partial charge < -0.3 is 19.2 Å². The second kappa shape index (κ2) is 11.3. The molecule has 7 nitrogen and oxygen atoms in total. The van der Waals surface area contributed by atoms with Crippen molar-refractivity contribution in [1.82, 2.24) is 14.5 Å². The standard InChI is InChI=1S/C32H38F3N3O4/c1-19-18-27(42-4)24(29(40)36-19)10-11-26(39)28-21(3)38(25-9-6-5-8-23(25)28)20(2)22-12-16-37(17-13-22)30(41)31(14-7-15-31)32(33,34)35/h5-6,8-9,18,20,22H,7,10-17H2,1-4H3,(H,36,40)/t20-/m1/s1. The highest BCUT2D eigenvalue weighted by Gasteiger charge is 2.64. The first-order chi connectivity index (χ1) is 19.9. The molecule has 2 fully saturated rings. The van der Waals surface area contributed by atoms with Crippen LogP contribution in [0.1, 0.15) is 78.8 Å². The fourth-order valence-corrected chi connectivity index (χ4v) is 6.98. The first-order valence-corrected chi connectivity index (χ1v) is 14.6. The van der Waals surface area contributed by atoms with E-state index in [1.54, 1.807) is 13.0 Å². The van der Waals surface area contributed by atoms with E-state index in [0.717, 1.165) is 16.6 Å². The van der Waals surface area contributed by atoms with Crippen LogP contribution in [-0.2, 0) is 11.2 Å². The Labute approximate surface area is 243 Å². The first-order valence-electron chi connectivity index (χ1n) is 14.6. The number of nitrogens with one attached hydrogen (secondary N) is 1. The second-order valence-corrected chi connectivity index (χ2v) is 11.9. The summed E-state index contributed by atoms with van der Waals surface area (Å²) in [7, 11) is 1.50. The number of amides is 1. The number of H-pyrrole nitrogens is 1. The van der Waals surface area contributed by atoms with Gasteiger partial charge in [0.25, 0.3) is 5.56 Å². The Bertz CT molecular complexity index is 1560. The van der Waals surface area contributed by atoms with E-state index in [2.05, 4.69) is 16.5 Å². The highest BCUT2D eigenvalue weighted by Crippen LogP contribution is 2.54. The number of carbonyl (C=O) groups is 2. The zero-order valence-corrected chi connectivity index (χ0v) is 24.6. The van der Waals surface area contributed by atoms with Crippen LogP contribution < -0.4 is 10.3 Å². The van der Waals surface area contributed by atoms with Gasteiger partial charge in [-0.3, -0.25) is 14.4 Å². The van der Waals surface area contributed by atoms with Crippen LogP contribution in [0, 0.1) is 25.2 Å². The van der Waals surface area contributed by atoms with Crippen LogP contribution in [0.2, 0.25) is 0 Å². The predicted molar refractivity (Wildman–Crippen MR) is 154 cm³/mol. The molecule has 226 valence electrons. The normalized spacial score (nSPS) is 18.1. The number of aromatic amines is 1. The smallest absolute Gasteiger partial charge is 0.403 e. The lowest BCUT2D eigenvalue weighted by Crippen LogP contribution is -2.57. The molecule has 0 radical (unpaired) electrons. The molecule has 1 aliphatic heterocycles. The Morgan fingerprint density at radius 3 is 2.40 bits per heavy atom. The van der Waals surface area contributed by atoms with E-state index in [1.165, 1.54) is 12.0 Å². The highest BCUT2D eigenvalue weighted by molar-refractivity contribution is 6.09. The van der Waals surface area contributed by atoms with E-state index >= 15 is 0 Å². The number of aryl methyl sites for hydroxylation is 1. The van der Waals surface area contributed by atoms with Gasteiger partial charge in [-0.2, -0.15) is 13.2 Å². The third-order valence-electron chi connectivity index (χ3n) is 9.56. The summed E-state index contributed by atoms with van der Waals surface area (Å²) in [6, 6.07) is 9.43. The third-order valence-corrected chi connectivity index (χ3v) is 9.56. The maximum Gasteiger partial charge on any atom is 0.403 e. The molecule has 1 aromatic carbocycles. The number of piperidine rings is 1. The summed E-state index contributed by atoms with van der Waals surface area (Å²) in [5, 5.41) is 0.835. The molecular weight excluding hydrogens is 547 g/mol. The maximum atomic E-state index is 13.8. The Morgan fingerprint density at radius 1 is 1.14 bits per heavy atom. The van der Waals surface area contributed by atoms with Crippen molar-refractivity contribution >= 4 is 22.6 Å². The number of pyridine rings is 1. The summed E-state index contributed by atoms with van der Waals surface area (Å²) in [6.45, 7) is 6.36. The molecule has 2 aliphatic rings. The van der Waals surface area contributed by atoms with Crippen LogP contribution in [0.3, 0.4) is 0 Å². The van der Waals surface area contributed by atoms with Gasteiger partial charge >= 0.3 is 6.18 Å². The SMILES string of the molecule is COc1cc(C)[nH]c(=O)c1CCC(=O)c1c(C)n([C@H](C)C2CCN(C(=O)C3(C(F)(F)F)CCC3)CC2)c2ccccc12. The van der Waals surface area contributed by atoms with E-state index in [4.69, 9.17) is 4.74 Å². The van der Waals surface area contributed by atoms with Crippen LogP contribution in [0.15, 0.2) is 35.1 Å². The quantitative estimate of drug-likeness (QED) is 0.315. The van der Waals surface area contributed by atoms with Gasteiger partial charge in [0.2, 0.25) is 5.91 Å². The summed E-state index contributed by atoms with van der Waals surface area (Å²) < 4.78 is 48.9. The first kappa shape index (κ1) is 29.9. The number of halogens is 3. The number of fused-ring (bicyclic) bond motifs is 1. The molecule has 10 heteroatoms. The Kier molecular flexibility index (Phi) is 8.02. The van der Waals surface area contributed by atoms with E-state index in [9.17, 15) is 27.6 Å². The number of para-hydroxylation sites is 1. The number of ether oxygens (including phenoxy) is 1. The molecule has 5 rings (SSSR count). The molecule has 1 amide bonds. The molecule has 0 spiro atoms. The number of aromatic nitrogens is 2. The van der Waals surface area contributed by atoms with Gasteiger partial charge in [-0.15, -0.1) is 0 Å². The summed E-state index contributed by atoms with van der Waals surface area (Å²) in [5.41, 5.74) is 0.990. The van der Waals surface area contributed by atoms with Gasteiger partial charge in [-0.05, 0) is 70.9 Å². The van der Waals surface area contributed by atoms with Crippen molar-refractivity contribution in [1.29, 1.82) is 0 Å². The summed E-state index contributed by atoms with van der Waals surface area (Å²) in [5.74, 6) is -0.257. The fourth-order valence-electron chi connectivity index (χ4n) is 6.98. The molecule has 1 atom stereocenters. The maximum absolute atomic E-state index is 13.8. The van der Waals surface area contributed by atoms with Crippen LogP contribution in [0.25, 0.3) is 10.9 Å². The Hall–Kier alpha value is -3.56. The summed E-state index contributed by atoms with van der Waals surface area (Å²) in [6.07, 6.45) is -2.79. The number of hydrogen-bond acceptors (Lipinski definition) is 4. The molecule has 0 bridgehead atoms. The van der Waals surface area contributed by atoms with Gasteiger partial charge in [-0.25, -0.2) is 0 Å². The van der Waals surface area contributed by atoms with Gasteiger partial charge in [0.05, 0.1) is 12.7 Å². The molecule has 42 heavy (non-hydrogen) atoms. The minimum Gasteiger partial charge on any atom is -0.496 e. The largest absolute Gasteiger partial charge is 0.496 e. The fraction of sp³-hybridized carbons (Fsp3) is 0.531. The van der Waals surface area contributed by atoms with Crippen molar-refractivity contribution in [3.05, 3.63) is 63.2 Å². The van der Waals surface area contributed by atoms with Crippen LogP contribution in [-0.4, -0.2) is 52.5 Å². The molecule has 1 saturated carbocycles. The molecule has 1 N–H and O–H groups in total. The predicted octanol–water partition coefficient (Wildman–Crippen LogP) is 6.30. The zero-order valence-electron chi connectivity index (χ0n) is 24.6. The Balaban J connectivity index is 1.35. The van der Waals surface area contributed by atoms with Crippen LogP contribution in [0.4, 0.5) is 13.2 Å². The monoisotopic (exact) mass is 585 g/mol. The lowest BCUT2D eigenvalue weighted by Gasteiger charge is -2.46. The van der Waals surface area contributed by atoms with Crippen molar-refractivity contribution in [2.75, 3.05) is 20.2 Å². The number of nitrogens with zero attached hydrogens (tertiary/aromatic N) is 2. The minimum atomic E-state index is -4.52. The highest BCUT2D eigenvalue weighted by atomic mass is 19.4. The lowest BCUT2D eigenvalue weighted by molar-refractivity contribution is -0.249. The molecule has 0 unspecified atom stereocenters. The molecule has 3 aromatic rings. The van der Waals surface area contributed by atoms with E-state index < -0.39 is 17.5 Å². The number of hydrogen-bond donors (Lipinski definition) is 1. The number of likely N-dealkylation sites (tertiary alicyclic amines) is 1. The number of carbonyl (C=O) groups excluding carboxylic acids is 2. The van der Waals surface area contributed by atoms with E-state index in [-0.39, 0.29) is 49.0 Å². The van der Waals surface area contributed by atoms with Gasteiger partial charge in [0, 0.05) is 53.4 Å². The number of benzene rings is 1. The number of alkyl halides is 3. The zero-order chi connectivity index (χ0) is 30.4. The van der Waals surface area contributed by atoms with Gasteiger partial charge in [0.15, 0.2) is 5.78 Å². The van der Waals surface area contributed by atoms with Crippen LogP contribution >= 0.6 is 0 Å². The third kappa shape index (κ3) is 5.02. The van der Waals surface area contributed by atoms with E-state index in [0.29, 0.717) is 54.9 Å². The van der Waals surface area contributed by atoms with E-state index in [1.807, 2.05) is 31.2 Å². The average molecular weight is 586 g/mol.